The van der Waals surface area contributed by atoms with Gasteiger partial charge in [-0.15, -0.1) is 0 Å². The van der Waals surface area contributed by atoms with Gasteiger partial charge in [0.25, 0.3) is 0 Å². The zero-order valence-electron chi connectivity index (χ0n) is 9.80. The Morgan fingerprint density at radius 1 is 1.44 bits per heavy atom. The predicted molar refractivity (Wildman–Crippen MR) is 64.9 cm³/mol. The summed E-state index contributed by atoms with van der Waals surface area (Å²) in [4.78, 5) is 22.1. The molecule has 1 amide bonds. The number of nitrogens with one attached hydrogen (secondary N) is 2. The van der Waals surface area contributed by atoms with E-state index in [1.807, 2.05) is 6.07 Å². The third-order valence-corrected chi connectivity index (χ3v) is 2.26. The molecule has 1 atom stereocenters. The average Bonchev–Trinajstić information content (AvgIpc) is 2.36. The molecule has 1 rings (SSSR count). The molecule has 3 N–H and O–H groups in total. The maximum atomic E-state index is 11.5. The van der Waals surface area contributed by atoms with E-state index < -0.39 is 17.9 Å². The SMILES string of the molecule is C[C@H](NCC(=O)Nc1ccccc1C#N)C(=O)O. The van der Waals surface area contributed by atoms with Gasteiger partial charge in [-0.2, -0.15) is 5.26 Å². The van der Waals surface area contributed by atoms with Gasteiger partial charge in [-0.3, -0.25) is 14.9 Å². The lowest BCUT2D eigenvalue weighted by molar-refractivity contribution is -0.139. The molecule has 0 fully saturated rings. The second-order valence-corrected chi connectivity index (χ2v) is 3.65. The second-order valence-electron chi connectivity index (χ2n) is 3.65. The molecule has 0 spiro atoms. The topological polar surface area (TPSA) is 102 Å². The number of nitrogens with zero attached hydrogens (tertiary/aromatic N) is 1. The van der Waals surface area contributed by atoms with E-state index in [4.69, 9.17) is 10.4 Å². The summed E-state index contributed by atoms with van der Waals surface area (Å²) in [5.74, 6) is -1.42. The van der Waals surface area contributed by atoms with Gasteiger partial charge in [0.05, 0.1) is 17.8 Å². The zero-order chi connectivity index (χ0) is 13.5. The van der Waals surface area contributed by atoms with Gasteiger partial charge in [-0.25, -0.2) is 0 Å². The Kier molecular flexibility index (Phi) is 4.84. The first kappa shape index (κ1) is 13.7. The molecule has 0 radical (unpaired) electrons. The van der Waals surface area contributed by atoms with E-state index in [0.29, 0.717) is 11.3 Å². The Labute approximate surface area is 104 Å². The smallest absolute Gasteiger partial charge is 0.320 e. The first-order valence-corrected chi connectivity index (χ1v) is 5.29. The minimum absolute atomic E-state index is 0.132. The van der Waals surface area contributed by atoms with E-state index in [9.17, 15) is 9.59 Å². The van der Waals surface area contributed by atoms with E-state index in [-0.39, 0.29) is 6.54 Å². The molecule has 0 aliphatic carbocycles. The Morgan fingerprint density at radius 2 is 2.11 bits per heavy atom. The summed E-state index contributed by atoms with van der Waals surface area (Å²) in [7, 11) is 0. The van der Waals surface area contributed by atoms with Crippen molar-refractivity contribution in [3.63, 3.8) is 0 Å². The van der Waals surface area contributed by atoms with Crippen LogP contribution < -0.4 is 10.6 Å². The molecule has 6 heteroatoms. The minimum Gasteiger partial charge on any atom is -0.480 e. The zero-order valence-corrected chi connectivity index (χ0v) is 9.80. The van der Waals surface area contributed by atoms with Gasteiger partial charge in [0.1, 0.15) is 12.1 Å². The molecule has 0 bridgehead atoms. The van der Waals surface area contributed by atoms with Gasteiger partial charge >= 0.3 is 5.97 Å². The minimum atomic E-state index is -1.03. The number of para-hydroxylation sites is 1. The highest BCUT2D eigenvalue weighted by Crippen LogP contribution is 2.12. The lowest BCUT2D eigenvalue weighted by Crippen LogP contribution is -2.39. The Morgan fingerprint density at radius 3 is 2.72 bits per heavy atom. The molecule has 0 unspecified atom stereocenters. The van der Waals surface area contributed by atoms with E-state index in [1.165, 1.54) is 6.92 Å². The highest BCUT2D eigenvalue weighted by molar-refractivity contribution is 5.93. The van der Waals surface area contributed by atoms with Crippen LogP contribution in [0, 0.1) is 11.3 Å². The van der Waals surface area contributed by atoms with Crippen LogP contribution in [0.15, 0.2) is 24.3 Å². The van der Waals surface area contributed by atoms with Crippen LogP contribution >= 0.6 is 0 Å². The molecule has 0 saturated carbocycles. The van der Waals surface area contributed by atoms with Crippen molar-refractivity contribution in [1.82, 2.24) is 5.32 Å². The molecule has 18 heavy (non-hydrogen) atoms. The van der Waals surface area contributed by atoms with Crippen molar-refractivity contribution in [2.24, 2.45) is 0 Å². The molecule has 0 aromatic heterocycles. The van der Waals surface area contributed by atoms with Crippen molar-refractivity contribution in [1.29, 1.82) is 5.26 Å². The standard InChI is InChI=1S/C12H13N3O3/c1-8(12(17)18)14-7-11(16)15-10-5-3-2-4-9(10)6-13/h2-5,8,14H,7H2,1H3,(H,15,16)(H,17,18)/t8-/m0/s1. The lowest BCUT2D eigenvalue weighted by Gasteiger charge is -2.10. The number of rotatable bonds is 5. The van der Waals surface area contributed by atoms with Gasteiger partial charge in [0.15, 0.2) is 0 Å². The van der Waals surface area contributed by atoms with Crippen LogP contribution in [-0.2, 0) is 9.59 Å². The number of hydrogen-bond acceptors (Lipinski definition) is 4. The Bertz CT molecular complexity index is 494. The molecular formula is C12H13N3O3. The van der Waals surface area contributed by atoms with Gasteiger partial charge in [0.2, 0.25) is 5.91 Å². The normalized spacial score (nSPS) is 11.3. The third-order valence-electron chi connectivity index (χ3n) is 2.26. The van der Waals surface area contributed by atoms with E-state index >= 15 is 0 Å². The predicted octanol–water partition coefficient (Wildman–Crippen LogP) is 0.559. The number of nitriles is 1. The first-order valence-electron chi connectivity index (χ1n) is 5.29. The van der Waals surface area contributed by atoms with E-state index in [2.05, 4.69) is 10.6 Å². The van der Waals surface area contributed by atoms with Crippen LogP contribution in [0.1, 0.15) is 12.5 Å². The molecule has 94 valence electrons. The Hall–Kier alpha value is -2.39. The molecule has 6 nitrogen and oxygen atoms in total. The van der Waals surface area contributed by atoms with Crippen molar-refractivity contribution in [2.45, 2.75) is 13.0 Å². The molecule has 1 aromatic rings. The van der Waals surface area contributed by atoms with Gasteiger partial charge < -0.3 is 10.4 Å². The van der Waals surface area contributed by atoms with Crippen molar-refractivity contribution in [3.05, 3.63) is 29.8 Å². The van der Waals surface area contributed by atoms with Gasteiger partial charge in [-0.05, 0) is 19.1 Å². The third kappa shape index (κ3) is 3.88. The van der Waals surface area contributed by atoms with E-state index in [0.717, 1.165) is 0 Å². The summed E-state index contributed by atoms with van der Waals surface area (Å²) in [6.45, 7) is 1.31. The number of aliphatic carboxylic acids is 1. The molecule has 1 aromatic carbocycles. The summed E-state index contributed by atoms with van der Waals surface area (Å²) in [5.41, 5.74) is 0.770. The number of anilines is 1. The van der Waals surface area contributed by atoms with Crippen LogP contribution in [-0.4, -0.2) is 29.6 Å². The van der Waals surface area contributed by atoms with Gasteiger partial charge in [0, 0.05) is 0 Å². The van der Waals surface area contributed by atoms with Crippen LogP contribution in [0.2, 0.25) is 0 Å². The summed E-state index contributed by atoms with van der Waals surface area (Å²) in [6.07, 6.45) is 0. The number of benzene rings is 1. The van der Waals surface area contributed by atoms with Crippen molar-refractivity contribution in [3.8, 4) is 6.07 Å². The summed E-state index contributed by atoms with van der Waals surface area (Å²) >= 11 is 0. The van der Waals surface area contributed by atoms with Crippen molar-refractivity contribution < 1.29 is 14.7 Å². The number of carbonyl (C=O) groups is 2. The molecule has 0 aliphatic heterocycles. The second kappa shape index (κ2) is 6.37. The molecular weight excluding hydrogens is 234 g/mol. The fraction of sp³-hybridized carbons (Fsp3) is 0.250. The highest BCUT2D eigenvalue weighted by atomic mass is 16.4. The van der Waals surface area contributed by atoms with Crippen molar-refractivity contribution >= 4 is 17.6 Å². The van der Waals surface area contributed by atoms with Crippen LogP contribution in [0.25, 0.3) is 0 Å². The number of carboxylic acid groups (broad SMARTS) is 1. The lowest BCUT2D eigenvalue weighted by atomic mass is 10.2. The molecule has 0 aliphatic rings. The molecule has 0 heterocycles. The number of hydrogen-bond donors (Lipinski definition) is 3. The van der Waals surface area contributed by atoms with Crippen molar-refractivity contribution in [2.75, 3.05) is 11.9 Å². The molecule has 0 saturated heterocycles. The summed E-state index contributed by atoms with van der Waals surface area (Å²) in [6, 6.07) is 7.74. The van der Waals surface area contributed by atoms with Crippen LogP contribution in [0.4, 0.5) is 5.69 Å². The maximum Gasteiger partial charge on any atom is 0.320 e. The quantitative estimate of drug-likeness (QED) is 0.705. The monoisotopic (exact) mass is 247 g/mol. The fourth-order valence-corrected chi connectivity index (χ4v) is 1.22. The highest BCUT2D eigenvalue weighted by Gasteiger charge is 2.12. The van der Waals surface area contributed by atoms with Crippen LogP contribution in [0.5, 0.6) is 0 Å². The van der Waals surface area contributed by atoms with Crippen LogP contribution in [0.3, 0.4) is 0 Å². The number of carboxylic acids is 1. The summed E-state index contributed by atoms with van der Waals surface area (Å²) < 4.78 is 0. The fourth-order valence-electron chi connectivity index (χ4n) is 1.22. The average molecular weight is 247 g/mol. The summed E-state index contributed by atoms with van der Waals surface area (Å²) in [5, 5.41) is 22.5. The largest absolute Gasteiger partial charge is 0.480 e. The van der Waals surface area contributed by atoms with E-state index in [1.54, 1.807) is 24.3 Å². The Balaban J connectivity index is 2.55. The first-order chi connectivity index (χ1) is 8.54. The maximum absolute atomic E-state index is 11.5. The number of amides is 1. The number of carbonyl (C=O) groups excluding carboxylic acids is 1. The van der Waals surface area contributed by atoms with Gasteiger partial charge in [-0.1, -0.05) is 12.1 Å².